The summed E-state index contributed by atoms with van der Waals surface area (Å²) in [5.41, 5.74) is 1.58. The van der Waals surface area contributed by atoms with Crippen LogP contribution in [0.15, 0.2) is 11.6 Å². The Morgan fingerprint density at radius 3 is 2.89 bits per heavy atom. The summed E-state index contributed by atoms with van der Waals surface area (Å²) < 4.78 is 5.63. The number of nitrogens with one attached hydrogen (secondary N) is 1. The van der Waals surface area contributed by atoms with Gasteiger partial charge in [-0.1, -0.05) is 18.6 Å². The first-order chi connectivity index (χ1) is 8.74. The van der Waals surface area contributed by atoms with Crippen molar-refractivity contribution in [3.05, 3.63) is 11.6 Å². The van der Waals surface area contributed by atoms with E-state index in [0.717, 1.165) is 43.9 Å². The van der Waals surface area contributed by atoms with Crippen LogP contribution in [-0.2, 0) is 4.74 Å². The molecule has 1 fully saturated rings. The van der Waals surface area contributed by atoms with Crippen LogP contribution >= 0.6 is 0 Å². The van der Waals surface area contributed by atoms with Gasteiger partial charge in [0.05, 0.1) is 0 Å². The van der Waals surface area contributed by atoms with E-state index in [0.29, 0.717) is 0 Å². The van der Waals surface area contributed by atoms with Gasteiger partial charge in [0.1, 0.15) is 0 Å². The molecule has 2 nitrogen and oxygen atoms in total. The Hall–Kier alpha value is -0.340. The third-order valence-electron chi connectivity index (χ3n) is 4.01. The highest BCUT2D eigenvalue weighted by Crippen LogP contribution is 2.28. The third-order valence-corrected chi connectivity index (χ3v) is 4.01. The Balaban J connectivity index is 1.44. The molecule has 0 saturated heterocycles. The van der Waals surface area contributed by atoms with Crippen molar-refractivity contribution in [3.8, 4) is 0 Å². The summed E-state index contributed by atoms with van der Waals surface area (Å²) in [6.45, 7) is 8.83. The topological polar surface area (TPSA) is 21.3 Å². The molecule has 2 rings (SSSR count). The highest BCUT2D eigenvalue weighted by atomic mass is 16.5. The molecule has 0 spiro atoms. The molecule has 0 aromatic rings. The Morgan fingerprint density at radius 1 is 1.33 bits per heavy atom. The van der Waals surface area contributed by atoms with E-state index in [1.54, 1.807) is 5.57 Å². The van der Waals surface area contributed by atoms with Crippen LogP contribution in [0.5, 0.6) is 0 Å². The molecule has 0 amide bonds. The predicted molar refractivity (Wildman–Crippen MR) is 76.7 cm³/mol. The van der Waals surface area contributed by atoms with Crippen molar-refractivity contribution in [1.29, 1.82) is 0 Å². The monoisotopic (exact) mass is 251 g/mol. The average molecular weight is 251 g/mol. The molecule has 0 aromatic heterocycles. The molecule has 1 saturated carbocycles. The molecule has 0 radical (unpaired) electrons. The molecule has 2 heteroatoms. The highest BCUT2D eigenvalue weighted by molar-refractivity contribution is 5.06. The molecule has 104 valence electrons. The van der Waals surface area contributed by atoms with Gasteiger partial charge in [0, 0.05) is 13.2 Å². The third kappa shape index (κ3) is 5.53. The number of hydrogen-bond donors (Lipinski definition) is 1. The summed E-state index contributed by atoms with van der Waals surface area (Å²) in [4.78, 5) is 0. The van der Waals surface area contributed by atoms with Gasteiger partial charge in [-0.3, -0.25) is 0 Å². The fourth-order valence-corrected chi connectivity index (χ4v) is 2.98. The maximum atomic E-state index is 5.63. The quantitative estimate of drug-likeness (QED) is 0.527. The lowest BCUT2D eigenvalue weighted by atomic mass is 9.84. The standard InChI is InChI=1S/C16H29NO/c1-13-8-14(2)10-16(9-13)11-17-6-3-7-18-12-15-4-5-15/h8,13,15-17H,3-7,9-12H2,1-2H3. The van der Waals surface area contributed by atoms with Gasteiger partial charge in [0.25, 0.3) is 0 Å². The number of rotatable bonds is 8. The lowest BCUT2D eigenvalue weighted by molar-refractivity contribution is 0.122. The van der Waals surface area contributed by atoms with E-state index in [1.165, 1.54) is 32.2 Å². The molecule has 0 bridgehead atoms. The first-order valence-corrected chi connectivity index (χ1v) is 7.70. The van der Waals surface area contributed by atoms with Crippen LogP contribution in [0.2, 0.25) is 0 Å². The van der Waals surface area contributed by atoms with Crippen molar-refractivity contribution in [2.45, 2.75) is 46.0 Å². The Kier molecular flexibility index (Phi) is 5.71. The van der Waals surface area contributed by atoms with Gasteiger partial charge < -0.3 is 10.1 Å². The zero-order chi connectivity index (χ0) is 12.8. The van der Waals surface area contributed by atoms with Crippen LogP contribution in [-0.4, -0.2) is 26.3 Å². The minimum absolute atomic E-state index is 0.771. The van der Waals surface area contributed by atoms with Crippen molar-refractivity contribution in [2.75, 3.05) is 26.3 Å². The molecule has 1 N–H and O–H groups in total. The summed E-state index contributed by atoms with van der Waals surface area (Å²) in [7, 11) is 0. The lowest BCUT2D eigenvalue weighted by Crippen LogP contribution is -2.27. The fourth-order valence-electron chi connectivity index (χ4n) is 2.98. The van der Waals surface area contributed by atoms with E-state index in [-0.39, 0.29) is 0 Å². The largest absolute Gasteiger partial charge is 0.381 e. The molecule has 2 atom stereocenters. The van der Waals surface area contributed by atoms with Crippen LogP contribution in [0.4, 0.5) is 0 Å². The smallest absolute Gasteiger partial charge is 0.0494 e. The van der Waals surface area contributed by atoms with Crippen LogP contribution in [0.3, 0.4) is 0 Å². The van der Waals surface area contributed by atoms with E-state index in [1.807, 2.05) is 0 Å². The minimum Gasteiger partial charge on any atom is -0.381 e. The van der Waals surface area contributed by atoms with Gasteiger partial charge >= 0.3 is 0 Å². The maximum absolute atomic E-state index is 5.63. The van der Waals surface area contributed by atoms with Crippen molar-refractivity contribution in [1.82, 2.24) is 5.32 Å². The van der Waals surface area contributed by atoms with Gasteiger partial charge in [-0.2, -0.15) is 0 Å². The van der Waals surface area contributed by atoms with E-state index in [9.17, 15) is 0 Å². The first-order valence-electron chi connectivity index (χ1n) is 7.70. The lowest BCUT2D eigenvalue weighted by Gasteiger charge is -2.25. The van der Waals surface area contributed by atoms with E-state index in [4.69, 9.17) is 4.74 Å². The summed E-state index contributed by atoms with van der Waals surface area (Å²) in [5.74, 6) is 2.52. The van der Waals surface area contributed by atoms with Crippen molar-refractivity contribution < 1.29 is 4.74 Å². The van der Waals surface area contributed by atoms with Crippen LogP contribution in [0, 0.1) is 17.8 Å². The van der Waals surface area contributed by atoms with Crippen molar-refractivity contribution in [2.24, 2.45) is 17.8 Å². The molecule has 0 aliphatic heterocycles. The fraction of sp³-hybridized carbons (Fsp3) is 0.875. The highest BCUT2D eigenvalue weighted by Gasteiger charge is 2.21. The second-order valence-electron chi connectivity index (χ2n) is 6.37. The molecule has 0 aromatic carbocycles. The summed E-state index contributed by atoms with van der Waals surface area (Å²) in [6, 6.07) is 0. The number of allylic oxidation sites excluding steroid dienone is 2. The minimum atomic E-state index is 0.771. The Labute approximate surface area is 112 Å². The van der Waals surface area contributed by atoms with Crippen LogP contribution in [0.1, 0.15) is 46.0 Å². The molecular formula is C16H29NO. The van der Waals surface area contributed by atoms with Gasteiger partial charge in [0.15, 0.2) is 0 Å². The predicted octanol–water partition coefficient (Wildman–Crippen LogP) is 3.39. The average Bonchev–Trinajstić information content (AvgIpc) is 3.10. The molecule has 18 heavy (non-hydrogen) atoms. The van der Waals surface area contributed by atoms with Gasteiger partial charge in [-0.15, -0.1) is 0 Å². The van der Waals surface area contributed by atoms with Gasteiger partial charge in [-0.05, 0) is 69.9 Å². The van der Waals surface area contributed by atoms with E-state index in [2.05, 4.69) is 25.2 Å². The van der Waals surface area contributed by atoms with Crippen LogP contribution < -0.4 is 5.32 Å². The summed E-state index contributed by atoms with van der Waals surface area (Å²) in [5, 5.41) is 3.59. The molecule has 2 unspecified atom stereocenters. The molecular weight excluding hydrogens is 222 g/mol. The Morgan fingerprint density at radius 2 is 2.17 bits per heavy atom. The first kappa shape index (κ1) is 14.1. The van der Waals surface area contributed by atoms with Crippen molar-refractivity contribution in [3.63, 3.8) is 0 Å². The van der Waals surface area contributed by atoms with E-state index < -0.39 is 0 Å². The zero-order valence-electron chi connectivity index (χ0n) is 12.1. The molecule has 2 aliphatic carbocycles. The van der Waals surface area contributed by atoms with E-state index >= 15 is 0 Å². The molecule has 0 heterocycles. The Bertz CT molecular complexity index is 270. The number of hydrogen-bond acceptors (Lipinski definition) is 2. The van der Waals surface area contributed by atoms with Crippen molar-refractivity contribution >= 4 is 0 Å². The zero-order valence-corrected chi connectivity index (χ0v) is 12.1. The summed E-state index contributed by atoms with van der Waals surface area (Å²) in [6.07, 6.45) is 9.01. The SMILES string of the molecule is CC1=CC(C)CC(CNCCCOCC2CC2)C1. The summed E-state index contributed by atoms with van der Waals surface area (Å²) >= 11 is 0. The van der Waals surface area contributed by atoms with Gasteiger partial charge in [0.2, 0.25) is 0 Å². The molecule has 2 aliphatic rings. The van der Waals surface area contributed by atoms with Crippen LogP contribution in [0.25, 0.3) is 0 Å². The second kappa shape index (κ2) is 7.30. The normalized spacial score (nSPS) is 28.2. The second-order valence-corrected chi connectivity index (χ2v) is 6.37. The van der Waals surface area contributed by atoms with Gasteiger partial charge in [-0.25, -0.2) is 0 Å². The number of ether oxygens (including phenoxy) is 1. The maximum Gasteiger partial charge on any atom is 0.0494 e.